The minimum atomic E-state index is 1.11. The van der Waals surface area contributed by atoms with Gasteiger partial charge in [0.25, 0.3) is 0 Å². The van der Waals surface area contributed by atoms with Crippen molar-refractivity contribution >= 4 is 0 Å². The Hall–Kier alpha value is -0.920. The zero-order valence-electron chi connectivity index (χ0n) is 4.97. The summed E-state index contributed by atoms with van der Waals surface area (Å²) in [6.45, 7) is 3.93. The summed E-state index contributed by atoms with van der Waals surface area (Å²) in [5, 5.41) is 0. The Morgan fingerprint density at radius 3 is 1.62 bits per heavy atom. The zero-order valence-corrected chi connectivity index (χ0v) is 4.97. The van der Waals surface area contributed by atoms with Crippen LogP contribution >= 0.6 is 0 Å². The van der Waals surface area contributed by atoms with Crippen LogP contribution in [0.1, 0.15) is 13.8 Å². The fourth-order valence-electron chi connectivity index (χ4n) is 0.386. The van der Waals surface area contributed by atoms with Crippen molar-refractivity contribution in [2.75, 3.05) is 0 Å². The zero-order chi connectivity index (χ0) is 5.98. The third kappa shape index (κ3) is 0.832. The van der Waals surface area contributed by atoms with E-state index in [2.05, 4.69) is 9.78 Å². The molecule has 0 aromatic heterocycles. The number of hydrogen-bond acceptors (Lipinski definition) is 2. The van der Waals surface area contributed by atoms with Crippen molar-refractivity contribution in [3.63, 3.8) is 0 Å². The van der Waals surface area contributed by atoms with Crippen LogP contribution in [0.5, 0.6) is 0 Å². The van der Waals surface area contributed by atoms with Gasteiger partial charge in [-0.05, 0) is 25.0 Å². The van der Waals surface area contributed by atoms with Crippen LogP contribution in [0.15, 0.2) is 23.7 Å². The molecule has 0 spiro atoms. The van der Waals surface area contributed by atoms with Gasteiger partial charge in [-0.3, -0.25) is 9.78 Å². The highest BCUT2D eigenvalue weighted by Crippen LogP contribution is 2.12. The first-order chi connectivity index (χ1) is 3.80. The molecule has 1 aliphatic heterocycles. The van der Waals surface area contributed by atoms with Crippen molar-refractivity contribution in [2.45, 2.75) is 13.8 Å². The van der Waals surface area contributed by atoms with E-state index in [9.17, 15) is 0 Å². The predicted octanol–water partition coefficient (Wildman–Crippen LogP) is 1.76. The first-order valence-electron chi connectivity index (χ1n) is 2.47. The molecule has 0 saturated carbocycles. The van der Waals surface area contributed by atoms with E-state index in [4.69, 9.17) is 0 Å². The molecule has 0 saturated heterocycles. The van der Waals surface area contributed by atoms with E-state index < -0.39 is 0 Å². The summed E-state index contributed by atoms with van der Waals surface area (Å²) in [4.78, 5) is 9.03. The van der Waals surface area contributed by atoms with Crippen molar-refractivity contribution in [3.05, 3.63) is 23.7 Å². The first kappa shape index (κ1) is 5.22. The molecule has 0 aromatic carbocycles. The Balaban J connectivity index is 2.73. The summed E-state index contributed by atoms with van der Waals surface area (Å²) in [6, 6.07) is 0. The Morgan fingerprint density at radius 2 is 1.38 bits per heavy atom. The topological polar surface area (TPSA) is 18.5 Å². The fourth-order valence-corrected chi connectivity index (χ4v) is 0.386. The van der Waals surface area contributed by atoms with Crippen molar-refractivity contribution in [3.8, 4) is 0 Å². The Morgan fingerprint density at radius 1 is 1.00 bits per heavy atom. The molecule has 1 aliphatic rings. The summed E-state index contributed by atoms with van der Waals surface area (Å²) >= 11 is 0. The largest absolute Gasteiger partial charge is 0.298 e. The third-order valence-electron chi connectivity index (χ3n) is 1.13. The Labute approximate surface area is 48.3 Å². The van der Waals surface area contributed by atoms with Crippen molar-refractivity contribution in [1.29, 1.82) is 0 Å². The highest BCUT2D eigenvalue weighted by Gasteiger charge is 1.98. The third-order valence-corrected chi connectivity index (χ3v) is 1.13. The molecule has 1 heterocycles. The van der Waals surface area contributed by atoms with Crippen LogP contribution in [0.25, 0.3) is 0 Å². The fraction of sp³-hybridized carbons (Fsp3) is 0.333. The second-order valence-corrected chi connectivity index (χ2v) is 1.79. The minimum Gasteiger partial charge on any atom is -0.298 e. The lowest BCUT2D eigenvalue weighted by molar-refractivity contribution is -0.200. The van der Waals surface area contributed by atoms with Crippen LogP contribution in [-0.4, -0.2) is 0 Å². The normalized spacial score (nSPS) is 17.8. The molecule has 0 N–H and O–H groups in total. The highest BCUT2D eigenvalue weighted by molar-refractivity contribution is 5.24. The molecule has 0 aromatic rings. The quantitative estimate of drug-likeness (QED) is 0.444. The molecular weight excluding hydrogens is 104 g/mol. The molecule has 0 aliphatic carbocycles. The molecule has 1 rings (SSSR count). The summed E-state index contributed by atoms with van der Waals surface area (Å²) in [7, 11) is 0. The number of allylic oxidation sites excluding steroid dienone is 2. The SMILES string of the molecule is CC1=COOC=C1C. The molecule has 44 valence electrons. The maximum Gasteiger partial charge on any atom is 0.146 e. The van der Waals surface area contributed by atoms with Gasteiger partial charge in [0.15, 0.2) is 0 Å². The van der Waals surface area contributed by atoms with Crippen molar-refractivity contribution < 1.29 is 9.78 Å². The summed E-state index contributed by atoms with van der Waals surface area (Å²) in [5.41, 5.74) is 2.22. The van der Waals surface area contributed by atoms with Gasteiger partial charge in [0, 0.05) is 0 Å². The van der Waals surface area contributed by atoms with Crippen LogP contribution in [0.2, 0.25) is 0 Å². The van der Waals surface area contributed by atoms with Gasteiger partial charge in [0.05, 0.1) is 0 Å². The van der Waals surface area contributed by atoms with Crippen molar-refractivity contribution in [1.82, 2.24) is 0 Å². The molecule has 8 heavy (non-hydrogen) atoms. The van der Waals surface area contributed by atoms with Gasteiger partial charge in [0.2, 0.25) is 0 Å². The van der Waals surface area contributed by atoms with E-state index in [-0.39, 0.29) is 0 Å². The molecule has 0 fully saturated rings. The standard InChI is InChI=1S/C6H8O2/c1-5-3-7-8-4-6(5)2/h3-4H,1-2H3. The molecule has 0 bridgehead atoms. The average Bonchev–Trinajstić information content (AvgIpc) is 1.77. The average molecular weight is 112 g/mol. The monoisotopic (exact) mass is 112 g/mol. The Bertz CT molecular complexity index is 127. The van der Waals surface area contributed by atoms with Crippen LogP contribution in [0.3, 0.4) is 0 Å². The lowest BCUT2D eigenvalue weighted by Gasteiger charge is -2.06. The summed E-state index contributed by atoms with van der Waals surface area (Å²) < 4.78 is 0. The molecule has 0 atom stereocenters. The van der Waals surface area contributed by atoms with Gasteiger partial charge in [-0.1, -0.05) is 0 Å². The van der Waals surface area contributed by atoms with Gasteiger partial charge in [-0.25, -0.2) is 0 Å². The summed E-state index contributed by atoms with van der Waals surface area (Å²) in [5.74, 6) is 0. The lowest BCUT2D eigenvalue weighted by Crippen LogP contribution is -1.91. The second kappa shape index (κ2) is 1.90. The van der Waals surface area contributed by atoms with Gasteiger partial charge >= 0.3 is 0 Å². The van der Waals surface area contributed by atoms with E-state index in [0.717, 1.165) is 11.1 Å². The maximum absolute atomic E-state index is 4.51. The van der Waals surface area contributed by atoms with E-state index in [1.165, 1.54) is 0 Å². The van der Waals surface area contributed by atoms with Gasteiger partial charge in [0.1, 0.15) is 12.5 Å². The predicted molar refractivity (Wildman–Crippen MR) is 29.7 cm³/mol. The molecule has 2 heteroatoms. The van der Waals surface area contributed by atoms with Gasteiger partial charge in [-0.15, -0.1) is 0 Å². The Kier molecular flexibility index (Phi) is 1.24. The number of rotatable bonds is 0. The van der Waals surface area contributed by atoms with E-state index in [1.807, 2.05) is 13.8 Å². The van der Waals surface area contributed by atoms with Crippen LogP contribution in [0, 0.1) is 0 Å². The molecule has 0 radical (unpaired) electrons. The van der Waals surface area contributed by atoms with Crippen molar-refractivity contribution in [2.24, 2.45) is 0 Å². The van der Waals surface area contributed by atoms with Gasteiger partial charge < -0.3 is 0 Å². The minimum absolute atomic E-state index is 1.11. The highest BCUT2D eigenvalue weighted by atomic mass is 17.2. The van der Waals surface area contributed by atoms with Crippen LogP contribution in [0.4, 0.5) is 0 Å². The van der Waals surface area contributed by atoms with Crippen LogP contribution in [-0.2, 0) is 9.78 Å². The van der Waals surface area contributed by atoms with E-state index in [1.54, 1.807) is 12.5 Å². The molecule has 0 unspecified atom stereocenters. The van der Waals surface area contributed by atoms with E-state index >= 15 is 0 Å². The number of hydrogen-bond donors (Lipinski definition) is 0. The molecule has 2 nitrogen and oxygen atoms in total. The molecule has 0 amide bonds. The second-order valence-electron chi connectivity index (χ2n) is 1.79. The first-order valence-corrected chi connectivity index (χ1v) is 2.47. The maximum atomic E-state index is 4.51. The summed E-state index contributed by atoms with van der Waals surface area (Å²) in [6.07, 6.45) is 3.16. The van der Waals surface area contributed by atoms with E-state index in [0.29, 0.717) is 0 Å². The lowest BCUT2D eigenvalue weighted by atomic mass is 10.2. The van der Waals surface area contributed by atoms with Crippen LogP contribution < -0.4 is 0 Å². The smallest absolute Gasteiger partial charge is 0.146 e. The van der Waals surface area contributed by atoms with Gasteiger partial charge in [-0.2, -0.15) is 0 Å². The molecular formula is C6H8O2.